The first-order valence-electron chi connectivity index (χ1n) is 4.96. The molecule has 0 saturated carbocycles. The number of hydrogen-bond donors (Lipinski definition) is 2. The van der Waals surface area contributed by atoms with Crippen molar-refractivity contribution in [3.8, 4) is 5.75 Å². The van der Waals surface area contributed by atoms with Crippen LogP contribution in [-0.2, 0) is 5.41 Å². The number of phenolic OH excluding ortho intramolecular Hbond substituents is 1. The fourth-order valence-electron chi connectivity index (χ4n) is 1.37. The van der Waals surface area contributed by atoms with Gasteiger partial charge in [0, 0.05) is 11.6 Å². The van der Waals surface area contributed by atoms with Gasteiger partial charge in [-0.15, -0.1) is 0 Å². The van der Waals surface area contributed by atoms with Gasteiger partial charge in [-0.1, -0.05) is 25.9 Å². The summed E-state index contributed by atoms with van der Waals surface area (Å²) in [5.41, 5.74) is 0.0899. The summed E-state index contributed by atoms with van der Waals surface area (Å²) in [5.74, 6) is -0.499. The minimum Gasteiger partial charge on any atom is -0.502 e. The maximum Gasteiger partial charge on any atom is 0.311 e. The third kappa shape index (κ3) is 2.72. The first-order valence-corrected chi connectivity index (χ1v) is 4.96. The van der Waals surface area contributed by atoms with Crippen molar-refractivity contribution in [2.45, 2.75) is 26.2 Å². The number of oxime groups is 1. The normalized spacial score (nSPS) is 11.9. The summed E-state index contributed by atoms with van der Waals surface area (Å²) in [5, 5.41) is 31.7. The van der Waals surface area contributed by atoms with Crippen LogP contribution in [-0.4, -0.2) is 21.5 Å². The van der Waals surface area contributed by atoms with Gasteiger partial charge in [-0.3, -0.25) is 10.1 Å². The molecule has 1 rings (SSSR count). The number of nitro groups is 1. The molecule has 0 aromatic heterocycles. The molecule has 0 atom stereocenters. The molecule has 17 heavy (non-hydrogen) atoms. The van der Waals surface area contributed by atoms with Crippen molar-refractivity contribution in [2.24, 2.45) is 5.16 Å². The highest BCUT2D eigenvalue weighted by Crippen LogP contribution is 2.34. The van der Waals surface area contributed by atoms with Crippen LogP contribution in [0.1, 0.15) is 31.9 Å². The van der Waals surface area contributed by atoms with E-state index >= 15 is 0 Å². The van der Waals surface area contributed by atoms with Crippen molar-refractivity contribution >= 4 is 11.9 Å². The number of hydrogen-bond acceptors (Lipinski definition) is 5. The quantitative estimate of drug-likeness (QED) is 0.358. The predicted octanol–water partition coefficient (Wildman–Crippen LogP) is 2.41. The zero-order valence-corrected chi connectivity index (χ0v) is 9.84. The second kappa shape index (κ2) is 4.40. The third-order valence-electron chi connectivity index (χ3n) is 2.38. The van der Waals surface area contributed by atoms with Gasteiger partial charge >= 0.3 is 5.69 Å². The minimum absolute atomic E-state index is 0.117. The van der Waals surface area contributed by atoms with Crippen LogP contribution in [0, 0.1) is 10.1 Å². The van der Waals surface area contributed by atoms with Gasteiger partial charge in [0.25, 0.3) is 0 Å². The average molecular weight is 238 g/mol. The molecule has 1 aromatic carbocycles. The van der Waals surface area contributed by atoms with E-state index in [1.165, 1.54) is 6.07 Å². The zero-order valence-electron chi connectivity index (χ0n) is 9.84. The van der Waals surface area contributed by atoms with Crippen LogP contribution in [0.15, 0.2) is 17.3 Å². The molecule has 92 valence electrons. The zero-order chi connectivity index (χ0) is 13.2. The van der Waals surface area contributed by atoms with E-state index in [9.17, 15) is 15.2 Å². The SMILES string of the molecule is CC(C)(C)c1cc(/C=N/O)c(O)c([N+](=O)[O-])c1. The Morgan fingerprint density at radius 2 is 2.00 bits per heavy atom. The van der Waals surface area contributed by atoms with E-state index in [-0.39, 0.29) is 11.0 Å². The van der Waals surface area contributed by atoms with E-state index in [4.69, 9.17) is 5.21 Å². The van der Waals surface area contributed by atoms with Gasteiger partial charge in [0.2, 0.25) is 5.75 Å². The van der Waals surface area contributed by atoms with Gasteiger partial charge in [-0.2, -0.15) is 0 Å². The molecule has 0 aliphatic rings. The van der Waals surface area contributed by atoms with Gasteiger partial charge in [0.1, 0.15) is 0 Å². The lowest BCUT2D eigenvalue weighted by Crippen LogP contribution is -2.12. The molecule has 0 amide bonds. The van der Waals surface area contributed by atoms with Crippen LogP contribution in [0.4, 0.5) is 5.69 Å². The van der Waals surface area contributed by atoms with Crippen LogP contribution in [0.25, 0.3) is 0 Å². The fraction of sp³-hybridized carbons (Fsp3) is 0.364. The Labute approximate surface area is 98.3 Å². The van der Waals surface area contributed by atoms with Gasteiger partial charge < -0.3 is 10.3 Å². The van der Waals surface area contributed by atoms with Crippen LogP contribution < -0.4 is 0 Å². The highest BCUT2D eigenvalue weighted by molar-refractivity contribution is 5.85. The monoisotopic (exact) mass is 238 g/mol. The Balaban J connectivity index is 3.53. The van der Waals surface area contributed by atoms with E-state index < -0.39 is 16.4 Å². The second-order valence-corrected chi connectivity index (χ2v) is 4.68. The van der Waals surface area contributed by atoms with Crippen LogP contribution in [0.2, 0.25) is 0 Å². The van der Waals surface area contributed by atoms with Crippen LogP contribution >= 0.6 is 0 Å². The molecule has 0 saturated heterocycles. The smallest absolute Gasteiger partial charge is 0.311 e. The standard InChI is InChI=1S/C11H14N2O4/c1-11(2,3)8-4-7(6-12-15)10(14)9(5-8)13(16)17/h4-6,14-15H,1-3H3/b12-6+. The molecular formula is C11H14N2O4. The first-order chi connectivity index (χ1) is 7.77. The predicted molar refractivity (Wildman–Crippen MR) is 62.8 cm³/mol. The molecule has 0 radical (unpaired) electrons. The van der Waals surface area contributed by atoms with E-state index in [2.05, 4.69) is 5.16 Å². The van der Waals surface area contributed by atoms with E-state index in [0.717, 1.165) is 6.21 Å². The molecule has 0 heterocycles. The molecule has 1 aromatic rings. The average Bonchev–Trinajstić information content (AvgIpc) is 2.19. The Hall–Kier alpha value is -2.11. The second-order valence-electron chi connectivity index (χ2n) is 4.68. The first kappa shape index (κ1) is 13.0. The number of phenols is 1. The number of nitro benzene ring substituents is 1. The molecule has 0 bridgehead atoms. The summed E-state index contributed by atoms with van der Waals surface area (Å²) in [6.07, 6.45) is 0.970. The number of benzene rings is 1. The molecule has 6 heteroatoms. The molecule has 6 nitrogen and oxygen atoms in total. The maximum absolute atomic E-state index is 10.8. The Morgan fingerprint density at radius 3 is 2.41 bits per heavy atom. The number of aromatic hydroxyl groups is 1. The lowest BCUT2D eigenvalue weighted by atomic mass is 9.85. The van der Waals surface area contributed by atoms with Gasteiger partial charge in [-0.25, -0.2) is 0 Å². The molecule has 0 spiro atoms. The maximum atomic E-state index is 10.8. The van der Waals surface area contributed by atoms with Crippen molar-refractivity contribution in [2.75, 3.05) is 0 Å². The Kier molecular flexibility index (Phi) is 3.36. The molecular weight excluding hydrogens is 224 g/mol. The molecule has 2 N–H and O–H groups in total. The topological polar surface area (TPSA) is 96.0 Å². The molecule has 0 fully saturated rings. The van der Waals surface area contributed by atoms with Crippen molar-refractivity contribution < 1.29 is 15.2 Å². The Morgan fingerprint density at radius 1 is 1.41 bits per heavy atom. The summed E-state index contributed by atoms with van der Waals surface area (Å²) in [6.45, 7) is 5.68. The summed E-state index contributed by atoms with van der Waals surface area (Å²) in [6, 6.07) is 2.88. The lowest BCUT2D eigenvalue weighted by Gasteiger charge is -2.19. The van der Waals surface area contributed by atoms with Crippen molar-refractivity contribution in [1.82, 2.24) is 0 Å². The third-order valence-corrected chi connectivity index (χ3v) is 2.38. The van der Waals surface area contributed by atoms with E-state index in [1.54, 1.807) is 6.07 Å². The van der Waals surface area contributed by atoms with Crippen molar-refractivity contribution in [3.63, 3.8) is 0 Å². The van der Waals surface area contributed by atoms with Gasteiger partial charge in [-0.05, 0) is 17.0 Å². The van der Waals surface area contributed by atoms with Crippen molar-refractivity contribution in [1.29, 1.82) is 0 Å². The largest absolute Gasteiger partial charge is 0.502 e. The summed E-state index contributed by atoms with van der Waals surface area (Å²) < 4.78 is 0. The summed E-state index contributed by atoms with van der Waals surface area (Å²) in [7, 11) is 0. The van der Waals surface area contributed by atoms with Gasteiger partial charge in [0.15, 0.2) is 0 Å². The number of nitrogens with zero attached hydrogens (tertiary/aromatic N) is 2. The Bertz CT molecular complexity index is 475. The van der Waals surface area contributed by atoms with Crippen LogP contribution in [0.5, 0.6) is 5.75 Å². The lowest BCUT2D eigenvalue weighted by molar-refractivity contribution is -0.386. The van der Waals surface area contributed by atoms with E-state index in [0.29, 0.717) is 5.56 Å². The fourth-order valence-corrected chi connectivity index (χ4v) is 1.37. The molecule has 0 aliphatic carbocycles. The van der Waals surface area contributed by atoms with Gasteiger partial charge in [0.05, 0.1) is 11.1 Å². The van der Waals surface area contributed by atoms with Crippen molar-refractivity contribution in [3.05, 3.63) is 33.4 Å². The van der Waals surface area contributed by atoms with Crippen LogP contribution in [0.3, 0.4) is 0 Å². The summed E-state index contributed by atoms with van der Waals surface area (Å²) in [4.78, 5) is 10.1. The molecule has 0 aliphatic heterocycles. The molecule has 0 unspecified atom stereocenters. The number of rotatable bonds is 2. The van der Waals surface area contributed by atoms with E-state index in [1.807, 2.05) is 20.8 Å². The highest BCUT2D eigenvalue weighted by atomic mass is 16.6. The highest BCUT2D eigenvalue weighted by Gasteiger charge is 2.23. The summed E-state index contributed by atoms with van der Waals surface area (Å²) >= 11 is 0. The minimum atomic E-state index is -0.667.